The van der Waals surface area contributed by atoms with Crippen LogP contribution in [0, 0.1) is 6.92 Å². The molecule has 0 aliphatic heterocycles. The van der Waals surface area contributed by atoms with Gasteiger partial charge in [0.15, 0.2) is 0 Å². The Hall–Kier alpha value is -1.08. The second-order valence-electron chi connectivity index (χ2n) is 4.51. The Labute approximate surface area is 128 Å². The van der Waals surface area contributed by atoms with E-state index in [-0.39, 0.29) is 0 Å². The van der Waals surface area contributed by atoms with E-state index >= 15 is 0 Å². The zero-order valence-corrected chi connectivity index (χ0v) is 13.9. The fourth-order valence-corrected chi connectivity index (χ4v) is 5.07. The predicted octanol–water partition coefficient (Wildman–Crippen LogP) is 3.57. The first-order valence-corrected chi connectivity index (χ1v) is 8.66. The van der Waals surface area contributed by atoms with Gasteiger partial charge in [0.25, 0.3) is 0 Å². The summed E-state index contributed by atoms with van der Waals surface area (Å²) in [6.07, 6.45) is 0. The molecule has 0 saturated carbocycles. The first-order valence-electron chi connectivity index (χ1n) is 6.16. The summed E-state index contributed by atoms with van der Waals surface area (Å²) in [4.78, 5) is 0. The van der Waals surface area contributed by atoms with Gasteiger partial charge < -0.3 is 0 Å². The molecule has 0 N–H and O–H groups in total. The van der Waals surface area contributed by atoms with Crippen LogP contribution in [-0.4, -0.2) is 15.0 Å². The molecule has 3 aromatic carbocycles. The summed E-state index contributed by atoms with van der Waals surface area (Å²) < 4.78 is 4.04. The third kappa shape index (κ3) is 2.76. The third-order valence-corrected chi connectivity index (χ3v) is 5.97. The summed E-state index contributed by atoms with van der Waals surface area (Å²) in [5.41, 5.74) is 1.32. The summed E-state index contributed by atoms with van der Waals surface area (Å²) in [7, 11) is 0. The first kappa shape index (κ1) is 12.9. The number of fused-ring (bicyclic) bond motifs is 1. The molecule has 0 spiro atoms. The van der Waals surface area contributed by atoms with Crippen LogP contribution in [0.1, 0.15) is 5.56 Å². The van der Waals surface area contributed by atoms with Crippen LogP contribution in [0.15, 0.2) is 65.1 Å². The average molecular weight is 376 g/mol. The molecule has 0 aromatic heterocycles. The average Bonchev–Trinajstić information content (AvgIpc) is 2.42. The molecule has 0 heterocycles. The summed E-state index contributed by atoms with van der Waals surface area (Å²) in [6, 6.07) is 21.8. The molecule has 94 valence electrons. The molecule has 0 unspecified atom stereocenters. The molecule has 0 fully saturated rings. The molecule has 3 aromatic rings. The van der Waals surface area contributed by atoms with Gasteiger partial charge >= 0.3 is 128 Å². The van der Waals surface area contributed by atoms with Gasteiger partial charge in [-0.2, -0.15) is 0 Å². The monoisotopic (exact) mass is 376 g/mol. The molecular formula is C17H13BrSe. The third-order valence-electron chi connectivity index (χ3n) is 3.06. The molecule has 0 saturated heterocycles. The van der Waals surface area contributed by atoms with Crippen molar-refractivity contribution in [3.63, 3.8) is 0 Å². The maximum absolute atomic E-state index is 3.68. The number of hydrogen-bond donors (Lipinski definition) is 0. The molecule has 0 nitrogen and oxygen atoms in total. The summed E-state index contributed by atoms with van der Waals surface area (Å²) in [5, 5.41) is 2.66. The maximum atomic E-state index is 3.68. The van der Waals surface area contributed by atoms with Gasteiger partial charge in [0.1, 0.15) is 0 Å². The molecule has 0 bridgehead atoms. The van der Waals surface area contributed by atoms with Crippen LogP contribution < -0.4 is 8.92 Å². The van der Waals surface area contributed by atoms with Gasteiger partial charge in [-0.05, 0) is 0 Å². The second-order valence-corrected chi connectivity index (χ2v) is 7.70. The van der Waals surface area contributed by atoms with Crippen LogP contribution in [0.2, 0.25) is 0 Å². The van der Waals surface area contributed by atoms with Crippen LogP contribution in [0.25, 0.3) is 10.8 Å². The Kier molecular flexibility index (Phi) is 3.74. The van der Waals surface area contributed by atoms with Gasteiger partial charge in [-0.25, -0.2) is 0 Å². The quantitative estimate of drug-likeness (QED) is 0.600. The van der Waals surface area contributed by atoms with Crippen molar-refractivity contribution in [3.05, 3.63) is 70.7 Å². The molecule has 0 atom stereocenters. The molecule has 19 heavy (non-hydrogen) atoms. The Bertz CT molecular complexity index is 712. The Balaban J connectivity index is 2.08. The van der Waals surface area contributed by atoms with Gasteiger partial charge in [-0.1, -0.05) is 0 Å². The minimum absolute atomic E-state index is 0.344. The predicted molar refractivity (Wildman–Crippen MR) is 87.8 cm³/mol. The number of halogens is 1. The fourth-order valence-electron chi connectivity index (χ4n) is 2.08. The van der Waals surface area contributed by atoms with Crippen molar-refractivity contribution in [2.75, 3.05) is 0 Å². The van der Waals surface area contributed by atoms with Gasteiger partial charge in [0, 0.05) is 0 Å². The topological polar surface area (TPSA) is 0 Å². The van der Waals surface area contributed by atoms with Crippen LogP contribution in [0.4, 0.5) is 0 Å². The molecule has 0 radical (unpaired) electrons. The van der Waals surface area contributed by atoms with Crippen molar-refractivity contribution in [2.45, 2.75) is 6.92 Å². The van der Waals surface area contributed by atoms with Gasteiger partial charge in [0.2, 0.25) is 0 Å². The first-order chi connectivity index (χ1) is 9.24. The zero-order chi connectivity index (χ0) is 13.2. The van der Waals surface area contributed by atoms with E-state index in [9.17, 15) is 0 Å². The number of rotatable bonds is 2. The van der Waals surface area contributed by atoms with E-state index < -0.39 is 0 Å². The van der Waals surface area contributed by atoms with E-state index in [2.05, 4.69) is 83.5 Å². The van der Waals surface area contributed by atoms with E-state index in [1.165, 1.54) is 29.7 Å². The number of hydrogen-bond acceptors (Lipinski definition) is 0. The van der Waals surface area contributed by atoms with Crippen molar-refractivity contribution in [1.82, 2.24) is 0 Å². The van der Waals surface area contributed by atoms with Crippen molar-refractivity contribution < 1.29 is 0 Å². The van der Waals surface area contributed by atoms with E-state index in [0.29, 0.717) is 15.0 Å². The zero-order valence-electron chi connectivity index (χ0n) is 10.6. The minimum atomic E-state index is 0.344. The molecular weight excluding hydrogens is 363 g/mol. The molecule has 3 rings (SSSR count). The Morgan fingerprint density at radius 3 is 2.26 bits per heavy atom. The summed E-state index contributed by atoms with van der Waals surface area (Å²) in [6.45, 7) is 2.13. The number of benzene rings is 3. The van der Waals surface area contributed by atoms with Crippen LogP contribution in [0.3, 0.4) is 0 Å². The van der Waals surface area contributed by atoms with E-state index in [0.717, 1.165) is 0 Å². The molecule has 0 aliphatic carbocycles. The van der Waals surface area contributed by atoms with Crippen LogP contribution >= 0.6 is 15.9 Å². The Morgan fingerprint density at radius 2 is 1.53 bits per heavy atom. The van der Waals surface area contributed by atoms with Gasteiger partial charge in [-0.15, -0.1) is 0 Å². The Morgan fingerprint density at radius 1 is 0.842 bits per heavy atom. The summed E-state index contributed by atoms with van der Waals surface area (Å²) in [5.74, 6) is 0. The van der Waals surface area contributed by atoms with E-state index in [1.54, 1.807) is 0 Å². The fraction of sp³-hybridized carbons (Fsp3) is 0.0588. The summed E-state index contributed by atoms with van der Waals surface area (Å²) >= 11 is 4.03. The number of aryl methyl sites for hydroxylation is 1. The standard InChI is InChI=1S/C17H13BrSe/c1-12-8-10-14(11-9-12)19-16-7-3-5-13-4-2-6-15(18)17(13)16/h2-11H,1H3. The van der Waals surface area contributed by atoms with Gasteiger partial charge in [0.05, 0.1) is 0 Å². The van der Waals surface area contributed by atoms with E-state index in [4.69, 9.17) is 0 Å². The van der Waals surface area contributed by atoms with Gasteiger partial charge in [-0.3, -0.25) is 0 Å². The molecule has 2 heteroatoms. The van der Waals surface area contributed by atoms with Crippen molar-refractivity contribution in [3.8, 4) is 0 Å². The SMILES string of the molecule is Cc1ccc([Se]c2cccc3cccc(Br)c23)cc1. The van der Waals surface area contributed by atoms with Crippen molar-refractivity contribution >= 4 is 50.6 Å². The molecule has 0 amide bonds. The van der Waals surface area contributed by atoms with E-state index in [1.807, 2.05) is 0 Å². The normalized spacial score (nSPS) is 10.8. The molecule has 0 aliphatic rings. The van der Waals surface area contributed by atoms with Crippen LogP contribution in [0.5, 0.6) is 0 Å². The van der Waals surface area contributed by atoms with Crippen molar-refractivity contribution in [1.29, 1.82) is 0 Å². The van der Waals surface area contributed by atoms with Crippen LogP contribution in [-0.2, 0) is 0 Å². The second kappa shape index (κ2) is 5.50. The van der Waals surface area contributed by atoms with Crippen molar-refractivity contribution in [2.24, 2.45) is 0 Å².